The molecule has 1 unspecified atom stereocenters. The Morgan fingerprint density at radius 3 is 2.59 bits per heavy atom. The number of likely N-dealkylation sites (tertiary alicyclic amines) is 1. The number of nitrogens with zero attached hydrogens (tertiary/aromatic N) is 6. The van der Waals surface area contributed by atoms with Crippen LogP contribution in [0.5, 0.6) is 0 Å². The van der Waals surface area contributed by atoms with E-state index in [1.54, 1.807) is 0 Å². The van der Waals surface area contributed by atoms with Crippen LogP contribution in [0.1, 0.15) is 43.1 Å². The second kappa shape index (κ2) is 8.20. The average Bonchev–Trinajstić information content (AvgIpc) is 3.30. The van der Waals surface area contributed by atoms with E-state index in [9.17, 15) is 4.79 Å². The lowest BCUT2D eigenvalue weighted by molar-refractivity contribution is -0.131. The van der Waals surface area contributed by atoms with Gasteiger partial charge in [-0.1, -0.05) is 18.2 Å². The van der Waals surface area contributed by atoms with Crippen molar-refractivity contribution in [3.05, 3.63) is 35.2 Å². The third-order valence-electron chi connectivity index (χ3n) is 6.28. The van der Waals surface area contributed by atoms with Crippen LogP contribution in [0.3, 0.4) is 0 Å². The average molecular weight is 399 g/mol. The van der Waals surface area contributed by atoms with E-state index in [-0.39, 0.29) is 5.91 Å². The van der Waals surface area contributed by atoms with Gasteiger partial charge < -0.3 is 9.64 Å². The SMILES string of the molecule is Cc1cccc(C)c1-n1nnnc1C1(C)CCC(=O)N1CCCN1CCOCC1. The van der Waals surface area contributed by atoms with E-state index in [2.05, 4.69) is 53.3 Å². The number of benzene rings is 1. The molecule has 0 saturated carbocycles. The number of amides is 1. The zero-order valence-electron chi connectivity index (χ0n) is 17.6. The van der Waals surface area contributed by atoms with Crippen LogP contribution in [-0.2, 0) is 15.1 Å². The lowest BCUT2D eigenvalue weighted by Gasteiger charge is -2.35. The Hall–Kier alpha value is -2.32. The van der Waals surface area contributed by atoms with Gasteiger partial charge in [-0.15, -0.1) is 5.10 Å². The zero-order valence-corrected chi connectivity index (χ0v) is 17.6. The maximum absolute atomic E-state index is 12.8. The minimum Gasteiger partial charge on any atom is -0.379 e. The molecular weight excluding hydrogens is 368 g/mol. The molecule has 1 amide bonds. The van der Waals surface area contributed by atoms with Gasteiger partial charge in [0.05, 0.1) is 18.9 Å². The molecule has 3 heterocycles. The van der Waals surface area contributed by atoms with E-state index in [0.717, 1.165) is 68.3 Å². The van der Waals surface area contributed by atoms with Crippen molar-refractivity contribution in [3.63, 3.8) is 0 Å². The summed E-state index contributed by atoms with van der Waals surface area (Å²) in [6.45, 7) is 11.5. The maximum atomic E-state index is 12.8. The van der Waals surface area contributed by atoms with Crippen LogP contribution < -0.4 is 0 Å². The summed E-state index contributed by atoms with van der Waals surface area (Å²) < 4.78 is 7.25. The highest BCUT2D eigenvalue weighted by atomic mass is 16.5. The van der Waals surface area contributed by atoms with Crippen molar-refractivity contribution in [1.82, 2.24) is 30.0 Å². The summed E-state index contributed by atoms with van der Waals surface area (Å²) in [7, 11) is 0. The van der Waals surface area contributed by atoms with E-state index in [1.807, 2.05) is 15.6 Å². The van der Waals surface area contributed by atoms with Gasteiger partial charge in [-0.3, -0.25) is 9.69 Å². The smallest absolute Gasteiger partial charge is 0.223 e. The fraction of sp³-hybridized carbons (Fsp3) is 0.619. The van der Waals surface area contributed by atoms with Gasteiger partial charge in [0.2, 0.25) is 5.91 Å². The first-order valence-electron chi connectivity index (χ1n) is 10.5. The molecule has 1 aromatic heterocycles. The van der Waals surface area contributed by atoms with Crippen LogP contribution in [0.2, 0.25) is 0 Å². The molecule has 2 saturated heterocycles. The van der Waals surface area contributed by atoms with Crippen molar-refractivity contribution < 1.29 is 9.53 Å². The summed E-state index contributed by atoms with van der Waals surface area (Å²) in [5, 5.41) is 12.7. The fourth-order valence-corrected chi connectivity index (χ4v) is 4.59. The number of rotatable bonds is 6. The standard InChI is InChI=1S/C21H30N6O2/c1-16-6-4-7-17(2)19(16)27-20(22-23-24-27)21(3)9-8-18(28)26(21)11-5-10-25-12-14-29-15-13-25/h4,6-7H,5,8-15H2,1-3H3. The molecule has 8 heteroatoms. The largest absolute Gasteiger partial charge is 0.379 e. The van der Waals surface area contributed by atoms with Gasteiger partial charge in [-0.05, 0) is 55.2 Å². The Kier molecular flexibility index (Phi) is 5.65. The fourth-order valence-electron chi connectivity index (χ4n) is 4.59. The molecule has 2 fully saturated rings. The molecule has 1 atom stereocenters. The van der Waals surface area contributed by atoms with Gasteiger partial charge in [0, 0.05) is 32.6 Å². The van der Waals surface area contributed by atoms with Crippen LogP contribution in [0.15, 0.2) is 18.2 Å². The van der Waals surface area contributed by atoms with Crippen LogP contribution in [0.25, 0.3) is 5.69 Å². The summed E-state index contributed by atoms with van der Waals surface area (Å²) in [4.78, 5) is 17.2. The molecule has 2 aliphatic rings. The van der Waals surface area contributed by atoms with Crippen molar-refractivity contribution in [2.45, 2.75) is 45.6 Å². The lowest BCUT2D eigenvalue weighted by atomic mass is 9.97. The highest BCUT2D eigenvalue weighted by molar-refractivity contribution is 5.79. The molecule has 29 heavy (non-hydrogen) atoms. The first kappa shape index (κ1) is 20.0. The summed E-state index contributed by atoms with van der Waals surface area (Å²) in [5.41, 5.74) is 2.73. The van der Waals surface area contributed by atoms with Crippen molar-refractivity contribution in [1.29, 1.82) is 0 Å². The van der Waals surface area contributed by atoms with Crippen molar-refractivity contribution in [2.75, 3.05) is 39.4 Å². The van der Waals surface area contributed by atoms with E-state index in [1.165, 1.54) is 0 Å². The van der Waals surface area contributed by atoms with E-state index >= 15 is 0 Å². The molecule has 2 aromatic rings. The normalized spacial score (nSPS) is 23.1. The van der Waals surface area contributed by atoms with Crippen LogP contribution in [0, 0.1) is 13.8 Å². The van der Waals surface area contributed by atoms with Gasteiger partial charge in [0.1, 0.15) is 5.54 Å². The highest BCUT2D eigenvalue weighted by Crippen LogP contribution is 2.39. The van der Waals surface area contributed by atoms with Crippen LogP contribution in [-0.4, -0.2) is 75.3 Å². The number of aryl methyl sites for hydroxylation is 2. The van der Waals surface area contributed by atoms with E-state index in [0.29, 0.717) is 13.0 Å². The van der Waals surface area contributed by atoms with E-state index < -0.39 is 5.54 Å². The number of hydrogen-bond acceptors (Lipinski definition) is 6. The Bertz CT molecular complexity index is 856. The number of para-hydroxylation sites is 1. The molecular formula is C21H30N6O2. The van der Waals surface area contributed by atoms with Crippen molar-refractivity contribution in [3.8, 4) is 5.69 Å². The number of morpholine rings is 1. The Morgan fingerprint density at radius 2 is 1.86 bits per heavy atom. The van der Waals surface area contributed by atoms with E-state index in [4.69, 9.17) is 4.74 Å². The number of tetrazole rings is 1. The Balaban J connectivity index is 1.57. The second-order valence-corrected chi connectivity index (χ2v) is 8.28. The first-order chi connectivity index (χ1) is 14.0. The van der Waals surface area contributed by atoms with Gasteiger partial charge in [-0.2, -0.15) is 4.68 Å². The van der Waals surface area contributed by atoms with Crippen LogP contribution >= 0.6 is 0 Å². The molecule has 0 bridgehead atoms. The quantitative estimate of drug-likeness (QED) is 0.739. The predicted molar refractivity (Wildman–Crippen MR) is 109 cm³/mol. The van der Waals surface area contributed by atoms with Crippen LogP contribution in [0.4, 0.5) is 0 Å². The number of ether oxygens (including phenoxy) is 1. The third kappa shape index (κ3) is 3.79. The molecule has 0 radical (unpaired) electrons. The topological polar surface area (TPSA) is 76.4 Å². The van der Waals surface area contributed by atoms with Crippen molar-refractivity contribution in [2.24, 2.45) is 0 Å². The minimum atomic E-state index is -0.500. The summed E-state index contributed by atoms with van der Waals surface area (Å²) >= 11 is 0. The monoisotopic (exact) mass is 398 g/mol. The zero-order chi connectivity index (χ0) is 20.4. The number of carbonyl (C=O) groups is 1. The highest BCUT2D eigenvalue weighted by Gasteiger charge is 2.46. The molecule has 4 rings (SSSR count). The molecule has 0 aliphatic carbocycles. The molecule has 8 nitrogen and oxygen atoms in total. The minimum absolute atomic E-state index is 0.186. The second-order valence-electron chi connectivity index (χ2n) is 8.28. The molecule has 1 aromatic carbocycles. The molecule has 2 aliphatic heterocycles. The number of hydrogen-bond donors (Lipinski definition) is 0. The lowest BCUT2D eigenvalue weighted by Crippen LogP contribution is -2.45. The predicted octanol–water partition coefficient (Wildman–Crippen LogP) is 1.84. The summed E-state index contributed by atoms with van der Waals surface area (Å²) in [5.74, 6) is 0.928. The first-order valence-corrected chi connectivity index (χ1v) is 10.5. The van der Waals surface area contributed by atoms with Gasteiger partial charge in [-0.25, -0.2) is 0 Å². The Labute approximate surface area is 171 Å². The summed E-state index contributed by atoms with van der Waals surface area (Å²) in [6, 6.07) is 6.17. The number of carbonyl (C=O) groups excluding carboxylic acids is 1. The van der Waals surface area contributed by atoms with Gasteiger partial charge in [0.25, 0.3) is 0 Å². The van der Waals surface area contributed by atoms with Gasteiger partial charge >= 0.3 is 0 Å². The Morgan fingerprint density at radius 1 is 1.14 bits per heavy atom. The van der Waals surface area contributed by atoms with Gasteiger partial charge in [0.15, 0.2) is 5.82 Å². The van der Waals surface area contributed by atoms with Crippen molar-refractivity contribution >= 4 is 5.91 Å². The molecule has 0 N–H and O–H groups in total. The number of aromatic nitrogens is 4. The maximum Gasteiger partial charge on any atom is 0.223 e. The third-order valence-corrected chi connectivity index (χ3v) is 6.28. The molecule has 156 valence electrons. The molecule has 0 spiro atoms. The summed E-state index contributed by atoms with van der Waals surface area (Å²) in [6.07, 6.45) is 2.20.